The number of phenolic OH excluding ortho intramolecular Hbond substituents is 1. The minimum Gasteiger partial charge on any atom is -0.508 e. The second-order valence-electron chi connectivity index (χ2n) is 3.17. The minimum absolute atomic E-state index is 0.304. The molecule has 0 aliphatic carbocycles. The average Bonchev–Trinajstić information content (AvgIpc) is 2.19. The highest BCUT2D eigenvalue weighted by atomic mass is 16.3. The van der Waals surface area contributed by atoms with Crippen molar-refractivity contribution in [3.8, 4) is 5.75 Å². The molecule has 1 N–H and O–H groups in total. The number of aromatic nitrogens is 1. The molecule has 2 rings (SSSR count). The summed E-state index contributed by atoms with van der Waals surface area (Å²) < 4.78 is 0. The molecule has 0 unspecified atom stereocenters. The van der Waals surface area contributed by atoms with Crippen molar-refractivity contribution in [2.24, 2.45) is 0 Å². The SMILES string of the molecule is Oc1cccc(Cc2ccccn2)c1. The van der Waals surface area contributed by atoms with Crippen LogP contribution in [0, 0.1) is 0 Å². The van der Waals surface area contributed by atoms with Crippen LogP contribution < -0.4 is 0 Å². The van der Waals surface area contributed by atoms with Crippen LogP contribution in [0.1, 0.15) is 11.3 Å². The monoisotopic (exact) mass is 185 g/mol. The van der Waals surface area contributed by atoms with Gasteiger partial charge in [-0.15, -0.1) is 0 Å². The molecule has 0 amide bonds. The van der Waals surface area contributed by atoms with Gasteiger partial charge in [-0.1, -0.05) is 18.2 Å². The Bertz CT molecular complexity index is 412. The third-order valence-corrected chi connectivity index (χ3v) is 2.02. The van der Waals surface area contributed by atoms with Gasteiger partial charge in [-0.2, -0.15) is 0 Å². The summed E-state index contributed by atoms with van der Waals surface area (Å²) in [7, 11) is 0. The Morgan fingerprint density at radius 1 is 1.07 bits per heavy atom. The van der Waals surface area contributed by atoms with Crippen LogP contribution in [0.2, 0.25) is 0 Å². The third kappa shape index (κ3) is 2.10. The molecule has 0 radical (unpaired) electrons. The maximum atomic E-state index is 9.27. The average molecular weight is 185 g/mol. The van der Waals surface area contributed by atoms with Crippen LogP contribution in [0.25, 0.3) is 0 Å². The number of nitrogens with zero attached hydrogens (tertiary/aromatic N) is 1. The fraction of sp³-hybridized carbons (Fsp3) is 0.0833. The summed E-state index contributed by atoms with van der Waals surface area (Å²) in [6.45, 7) is 0. The zero-order valence-corrected chi connectivity index (χ0v) is 7.72. The topological polar surface area (TPSA) is 33.1 Å². The minimum atomic E-state index is 0.304. The van der Waals surface area contributed by atoms with E-state index in [0.29, 0.717) is 5.75 Å². The molecule has 1 aromatic carbocycles. The molecule has 2 nitrogen and oxygen atoms in total. The van der Waals surface area contributed by atoms with E-state index < -0.39 is 0 Å². The second-order valence-corrected chi connectivity index (χ2v) is 3.17. The van der Waals surface area contributed by atoms with Crippen molar-refractivity contribution in [2.75, 3.05) is 0 Å². The van der Waals surface area contributed by atoms with Gasteiger partial charge in [0.15, 0.2) is 0 Å². The molecule has 0 saturated carbocycles. The van der Waals surface area contributed by atoms with Crippen LogP contribution in [0.3, 0.4) is 0 Å². The lowest BCUT2D eigenvalue weighted by Gasteiger charge is -2.00. The predicted octanol–water partition coefficient (Wildman–Crippen LogP) is 2.38. The molecular weight excluding hydrogens is 174 g/mol. The molecular formula is C12H11NO. The summed E-state index contributed by atoms with van der Waals surface area (Å²) in [5, 5.41) is 9.27. The van der Waals surface area contributed by atoms with E-state index in [1.54, 1.807) is 18.3 Å². The van der Waals surface area contributed by atoms with E-state index in [-0.39, 0.29) is 0 Å². The number of aromatic hydroxyl groups is 1. The Kier molecular flexibility index (Phi) is 2.45. The van der Waals surface area contributed by atoms with E-state index in [0.717, 1.165) is 17.7 Å². The van der Waals surface area contributed by atoms with E-state index in [1.807, 2.05) is 30.3 Å². The standard InChI is InChI=1S/C12H11NO/c14-12-6-3-4-10(9-12)8-11-5-1-2-7-13-11/h1-7,9,14H,8H2. The van der Waals surface area contributed by atoms with Crippen molar-refractivity contribution in [3.63, 3.8) is 0 Å². The largest absolute Gasteiger partial charge is 0.508 e. The molecule has 1 heterocycles. The fourth-order valence-corrected chi connectivity index (χ4v) is 1.38. The molecule has 0 bridgehead atoms. The number of phenols is 1. The zero-order chi connectivity index (χ0) is 9.80. The Morgan fingerprint density at radius 3 is 2.71 bits per heavy atom. The molecule has 0 aliphatic rings. The van der Waals surface area contributed by atoms with Crippen LogP contribution in [-0.2, 0) is 6.42 Å². The quantitative estimate of drug-likeness (QED) is 0.779. The summed E-state index contributed by atoms with van der Waals surface area (Å²) in [6.07, 6.45) is 2.54. The Morgan fingerprint density at radius 2 is 2.00 bits per heavy atom. The van der Waals surface area contributed by atoms with Gasteiger partial charge in [0.25, 0.3) is 0 Å². The van der Waals surface area contributed by atoms with Gasteiger partial charge in [0.05, 0.1) is 0 Å². The van der Waals surface area contributed by atoms with Gasteiger partial charge in [-0.25, -0.2) is 0 Å². The van der Waals surface area contributed by atoms with E-state index in [9.17, 15) is 5.11 Å². The predicted molar refractivity (Wildman–Crippen MR) is 55.1 cm³/mol. The highest BCUT2D eigenvalue weighted by Gasteiger charge is 1.97. The highest BCUT2D eigenvalue weighted by Crippen LogP contribution is 2.13. The number of hydrogen-bond acceptors (Lipinski definition) is 2. The fourth-order valence-electron chi connectivity index (χ4n) is 1.38. The number of pyridine rings is 1. The maximum absolute atomic E-state index is 9.27. The molecule has 14 heavy (non-hydrogen) atoms. The summed E-state index contributed by atoms with van der Waals surface area (Å²) in [4.78, 5) is 4.22. The molecule has 0 atom stereocenters. The number of rotatable bonds is 2. The van der Waals surface area contributed by atoms with Gasteiger partial charge in [0.1, 0.15) is 5.75 Å². The van der Waals surface area contributed by atoms with Gasteiger partial charge in [-0.05, 0) is 29.8 Å². The van der Waals surface area contributed by atoms with E-state index >= 15 is 0 Å². The summed E-state index contributed by atoms with van der Waals surface area (Å²) in [5.41, 5.74) is 2.08. The molecule has 0 spiro atoms. The van der Waals surface area contributed by atoms with Gasteiger partial charge in [0.2, 0.25) is 0 Å². The van der Waals surface area contributed by atoms with E-state index in [2.05, 4.69) is 4.98 Å². The lowest BCUT2D eigenvalue weighted by atomic mass is 10.1. The number of hydrogen-bond donors (Lipinski definition) is 1. The van der Waals surface area contributed by atoms with Crippen molar-refractivity contribution < 1.29 is 5.11 Å². The van der Waals surface area contributed by atoms with Crippen molar-refractivity contribution in [1.82, 2.24) is 4.98 Å². The maximum Gasteiger partial charge on any atom is 0.115 e. The van der Waals surface area contributed by atoms with E-state index in [4.69, 9.17) is 0 Å². The lowest BCUT2D eigenvalue weighted by molar-refractivity contribution is 0.474. The molecule has 0 saturated heterocycles. The van der Waals surface area contributed by atoms with Gasteiger partial charge >= 0.3 is 0 Å². The number of benzene rings is 1. The van der Waals surface area contributed by atoms with Gasteiger partial charge < -0.3 is 5.11 Å². The highest BCUT2D eigenvalue weighted by molar-refractivity contribution is 5.29. The zero-order valence-electron chi connectivity index (χ0n) is 7.72. The Labute approximate surface area is 82.9 Å². The summed E-state index contributed by atoms with van der Waals surface area (Å²) >= 11 is 0. The van der Waals surface area contributed by atoms with Crippen LogP contribution in [0.15, 0.2) is 48.7 Å². The normalized spacial score (nSPS) is 10.0. The first-order valence-electron chi connectivity index (χ1n) is 4.52. The van der Waals surface area contributed by atoms with Crippen LogP contribution in [0.5, 0.6) is 5.75 Å². The first-order valence-corrected chi connectivity index (χ1v) is 4.52. The smallest absolute Gasteiger partial charge is 0.115 e. The first-order chi connectivity index (χ1) is 6.84. The van der Waals surface area contributed by atoms with Crippen molar-refractivity contribution in [1.29, 1.82) is 0 Å². The van der Waals surface area contributed by atoms with Gasteiger partial charge in [0, 0.05) is 18.3 Å². The molecule has 2 aromatic rings. The molecule has 1 aromatic heterocycles. The second kappa shape index (κ2) is 3.92. The van der Waals surface area contributed by atoms with Crippen LogP contribution >= 0.6 is 0 Å². The van der Waals surface area contributed by atoms with Crippen molar-refractivity contribution in [3.05, 3.63) is 59.9 Å². The van der Waals surface area contributed by atoms with Crippen LogP contribution in [-0.4, -0.2) is 10.1 Å². The summed E-state index contributed by atoms with van der Waals surface area (Å²) in [5.74, 6) is 0.304. The molecule has 0 aliphatic heterocycles. The van der Waals surface area contributed by atoms with Gasteiger partial charge in [-0.3, -0.25) is 4.98 Å². The summed E-state index contributed by atoms with van der Waals surface area (Å²) in [6, 6.07) is 13.1. The lowest BCUT2D eigenvalue weighted by Crippen LogP contribution is -1.90. The van der Waals surface area contributed by atoms with Crippen molar-refractivity contribution >= 4 is 0 Å². The van der Waals surface area contributed by atoms with E-state index in [1.165, 1.54) is 0 Å². The molecule has 0 fully saturated rings. The first kappa shape index (κ1) is 8.75. The van der Waals surface area contributed by atoms with Crippen LogP contribution in [0.4, 0.5) is 0 Å². The van der Waals surface area contributed by atoms with Crippen molar-refractivity contribution in [2.45, 2.75) is 6.42 Å². The third-order valence-electron chi connectivity index (χ3n) is 2.02. The Balaban J connectivity index is 2.19. The Hall–Kier alpha value is -1.83. The molecule has 70 valence electrons. The molecule has 2 heteroatoms.